The number of ether oxygens (including phenoxy) is 2. The molecule has 0 radical (unpaired) electrons. The summed E-state index contributed by atoms with van der Waals surface area (Å²) in [5, 5.41) is 11.5. The second kappa shape index (κ2) is 9.41. The van der Waals surface area contributed by atoms with E-state index in [9.17, 15) is 9.90 Å². The Morgan fingerprint density at radius 3 is 2.47 bits per heavy atom. The highest BCUT2D eigenvalue weighted by Gasteiger charge is 2.28. The summed E-state index contributed by atoms with van der Waals surface area (Å²) < 4.78 is 14.8. The van der Waals surface area contributed by atoms with Crippen molar-refractivity contribution in [2.45, 2.75) is 20.1 Å². The number of phenolic OH excluding ortho intramolecular Hbond substituents is 1. The summed E-state index contributed by atoms with van der Waals surface area (Å²) >= 11 is 6.87. The Bertz CT molecular complexity index is 1080. The van der Waals surface area contributed by atoms with E-state index in [-0.39, 0.29) is 19.0 Å². The van der Waals surface area contributed by atoms with Crippen LogP contribution in [0.1, 0.15) is 28.5 Å². The van der Waals surface area contributed by atoms with Crippen LogP contribution < -0.4 is 9.64 Å². The molecule has 3 aromatic rings. The van der Waals surface area contributed by atoms with E-state index in [1.165, 1.54) is 0 Å². The number of phenols is 1. The number of benzene rings is 2. The molecule has 1 heterocycles. The molecule has 1 aromatic heterocycles. The van der Waals surface area contributed by atoms with Crippen LogP contribution in [0.4, 0.5) is 0 Å². The summed E-state index contributed by atoms with van der Waals surface area (Å²) in [6.07, 6.45) is 0. The second-order valence-electron chi connectivity index (χ2n) is 7.31. The topological polar surface area (TPSA) is 65.1 Å². The van der Waals surface area contributed by atoms with Gasteiger partial charge in [-0.1, -0.05) is 15.9 Å². The maximum Gasteiger partial charge on any atom is 0.340 e. The van der Waals surface area contributed by atoms with E-state index in [0.717, 1.165) is 14.9 Å². The molecule has 0 amide bonds. The van der Waals surface area contributed by atoms with Crippen LogP contribution in [0.15, 0.2) is 39.3 Å². The highest BCUT2D eigenvalue weighted by Crippen LogP contribution is 2.39. The number of aromatic nitrogens is 1. The molecule has 0 saturated carbocycles. The molecule has 0 spiro atoms. The van der Waals surface area contributed by atoms with Crippen molar-refractivity contribution in [2.24, 2.45) is 7.05 Å². The molecular weight excluding hydrogens is 516 g/mol. The first kappa shape index (κ1) is 22.7. The predicted molar refractivity (Wildman–Crippen MR) is 123 cm³/mol. The van der Waals surface area contributed by atoms with E-state index in [1.807, 2.05) is 56.0 Å². The number of carbonyl (C=O) groups excluding carboxylic acids is 1. The van der Waals surface area contributed by atoms with Gasteiger partial charge in [0.1, 0.15) is 24.7 Å². The van der Waals surface area contributed by atoms with Crippen LogP contribution in [0.2, 0.25) is 0 Å². The number of esters is 1. The van der Waals surface area contributed by atoms with Crippen LogP contribution in [0.5, 0.6) is 11.5 Å². The van der Waals surface area contributed by atoms with Crippen molar-refractivity contribution >= 4 is 48.7 Å². The molecule has 0 saturated heterocycles. The minimum atomic E-state index is -0.422. The molecule has 160 valence electrons. The van der Waals surface area contributed by atoms with Gasteiger partial charge in [-0.2, -0.15) is 0 Å². The Balaban J connectivity index is 2.19. The van der Waals surface area contributed by atoms with Gasteiger partial charge in [-0.05, 0) is 53.2 Å². The molecular formula is C22H25Br2N2O4+. The SMILES string of the molecule is CCOC(=O)c1c(COc2ccc(Br)cc2)n(C)c2cc(Br)c(O)c(C[NH+](C)C)c12. The molecule has 0 aliphatic heterocycles. The fourth-order valence-electron chi connectivity index (χ4n) is 3.48. The maximum absolute atomic E-state index is 13.0. The number of fused-ring (bicyclic) bond motifs is 1. The Morgan fingerprint density at radius 1 is 1.20 bits per heavy atom. The number of nitrogens with zero attached hydrogens (tertiary/aromatic N) is 1. The standard InChI is InChI=1S/C22H24Br2N2O4/c1-5-29-22(28)20-18(12-30-14-8-6-13(23)7-9-14)26(4)17-10-16(24)21(27)15(19(17)20)11-25(2)3/h6-10,27H,5,11-12H2,1-4H3/p+1. The third-order valence-corrected chi connectivity index (χ3v) is 5.97. The van der Waals surface area contributed by atoms with Crippen molar-refractivity contribution in [1.82, 2.24) is 4.57 Å². The molecule has 3 rings (SSSR count). The van der Waals surface area contributed by atoms with Gasteiger partial charge in [-0.3, -0.25) is 0 Å². The van der Waals surface area contributed by atoms with Gasteiger partial charge in [0.05, 0.1) is 47.5 Å². The first-order chi connectivity index (χ1) is 14.2. The van der Waals surface area contributed by atoms with E-state index < -0.39 is 5.97 Å². The van der Waals surface area contributed by atoms with Gasteiger partial charge in [-0.15, -0.1) is 0 Å². The minimum absolute atomic E-state index is 0.139. The van der Waals surface area contributed by atoms with Crippen molar-refractivity contribution in [3.8, 4) is 11.5 Å². The molecule has 30 heavy (non-hydrogen) atoms. The lowest BCUT2D eigenvalue weighted by atomic mass is 10.0. The summed E-state index contributed by atoms with van der Waals surface area (Å²) in [7, 11) is 5.88. The molecule has 0 atom stereocenters. The summed E-state index contributed by atoms with van der Waals surface area (Å²) in [6, 6.07) is 9.34. The number of rotatable bonds is 7. The van der Waals surface area contributed by atoms with Crippen molar-refractivity contribution < 1.29 is 24.3 Å². The van der Waals surface area contributed by atoms with Crippen LogP contribution >= 0.6 is 31.9 Å². The summed E-state index contributed by atoms with van der Waals surface area (Å²) in [4.78, 5) is 14.1. The maximum atomic E-state index is 13.0. The molecule has 0 unspecified atom stereocenters. The Labute approximate surface area is 192 Å². The van der Waals surface area contributed by atoms with Gasteiger partial charge in [0.15, 0.2) is 0 Å². The van der Waals surface area contributed by atoms with E-state index in [4.69, 9.17) is 9.47 Å². The van der Waals surface area contributed by atoms with Crippen LogP contribution in [0.25, 0.3) is 10.9 Å². The van der Waals surface area contributed by atoms with Crippen LogP contribution in [-0.4, -0.2) is 36.3 Å². The third kappa shape index (κ3) is 4.50. The lowest BCUT2D eigenvalue weighted by Gasteiger charge is -2.13. The smallest absolute Gasteiger partial charge is 0.340 e. The number of hydrogen-bond acceptors (Lipinski definition) is 4. The quantitative estimate of drug-likeness (QED) is 0.447. The average Bonchev–Trinajstić information content (AvgIpc) is 2.96. The normalized spacial score (nSPS) is 11.3. The molecule has 0 aliphatic rings. The zero-order valence-corrected chi connectivity index (χ0v) is 20.6. The Hall–Kier alpha value is -2.03. The molecule has 6 nitrogen and oxygen atoms in total. The van der Waals surface area contributed by atoms with Crippen molar-refractivity contribution in [2.75, 3.05) is 20.7 Å². The van der Waals surface area contributed by atoms with Crippen molar-refractivity contribution in [1.29, 1.82) is 0 Å². The number of halogens is 2. The van der Waals surface area contributed by atoms with Gasteiger partial charge in [-0.25, -0.2) is 4.79 Å². The van der Waals surface area contributed by atoms with Crippen molar-refractivity contribution in [3.05, 3.63) is 56.1 Å². The fraction of sp³-hybridized carbons (Fsp3) is 0.318. The highest BCUT2D eigenvalue weighted by atomic mass is 79.9. The van der Waals surface area contributed by atoms with Gasteiger partial charge in [0.25, 0.3) is 0 Å². The third-order valence-electron chi connectivity index (χ3n) is 4.84. The van der Waals surface area contributed by atoms with Gasteiger partial charge >= 0.3 is 5.97 Å². The van der Waals surface area contributed by atoms with Gasteiger partial charge in [0, 0.05) is 16.9 Å². The Morgan fingerprint density at radius 2 is 1.87 bits per heavy atom. The summed E-state index contributed by atoms with van der Waals surface area (Å²) in [6.45, 7) is 2.78. The van der Waals surface area contributed by atoms with Crippen LogP contribution in [0.3, 0.4) is 0 Å². The number of carbonyl (C=O) groups is 1. The van der Waals surface area contributed by atoms with E-state index in [1.54, 1.807) is 6.92 Å². The van der Waals surface area contributed by atoms with E-state index in [2.05, 4.69) is 31.9 Å². The molecule has 2 aromatic carbocycles. The lowest BCUT2D eigenvalue weighted by molar-refractivity contribution is -0.872. The Kier molecular flexibility index (Phi) is 7.10. The number of aromatic hydroxyl groups is 1. The number of aryl methyl sites for hydroxylation is 1. The predicted octanol–water partition coefficient (Wildman–Crippen LogP) is 3.81. The number of nitrogens with one attached hydrogen (secondary N) is 1. The van der Waals surface area contributed by atoms with Crippen LogP contribution in [-0.2, 0) is 24.9 Å². The molecule has 0 aliphatic carbocycles. The van der Waals surface area contributed by atoms with E-state index >= 15 is 0 Å². The largest absolute Gasteiger partial charge is 0.506 e. The van der Waals surface area contributed by atoms with Crippen molar-refractivity contribution in [3.63, 3.8) is 0 Å². The highest BCUT2D eigenvalue weighted by molar-refractivity contribution is 9.10. The number of hydrogen-bond donors (Lipinski definition) is 2. The van der Waals surface area contributed by atoms with Crippen LogP contribution in [0, 0.1) is 0 Å². The second-order valence-corrected chi connectivity index (χ2v) is 9.08. The molecule has 2 N–H and O–H groups in total. The first-order valence-corrected chi connectivity index (χ1v) is 11.2. The summed E-state index contributed by atoms with van der Waals surface area (Å²) in [5.74, 6) is 0.412. The molecule has 0 fully saturated rings. The molecule has 0 bridgehead atoms. The lowest BCUT2D eigenvalue weighted by Crippen LogP contribution is -3.04. The summed E-state index contributed by atoms with van der Waals surface area (Å²) in [5.41, 5.74) is 2.66. The minimum Gasteiger partial charge on any atom is -0.506 e. The van der Waals surface area contributed by atoms with Gasteiger partial charge < -0.3 is 24.0 Å². The van der Waals surface area contributed by atoms with Gasteiger partial charge in [0.2, 0.25) is 0 Å². The average molecular weight is 541 g/mol. The monoisotopic (exact) mass is 539 g/mol. The number of quaternary nitrogens is 1. The van der Waals surface area contributed by atoms with E-state index in [0.29, 0.717) is 39.0 Å². The zero-order chi connectivity index (χ0) is 22.0. The molecule has 8 heteroatoms. The fourth-order valence-corrected chi connectivity index (χ4v) is 4.20. The first-order valence-electron chi connectivity index (χ1n) is 9.60. The zero-order valence-electron chi connectivity index (χ0n) is 17.4.